The molecule has 1 aromatic carbocycles. The zero-order chi connectivity index (χ0) is 18.6. The molecule has 3 rings (SSSR count). The average Bonchev–Trinajstić information content (AvgIpc) is 2.63. The predicted molar refractivity (Wildman–Crippen MR) is 107 cm³/mol. The quantitative estimate of drug-likeness (QED) is 0.693. The Morgan fingerprint density at radius 1 is 1.00 bits per heavy atom. The van der Waals surface area contributed by atoms with Crippen LogP contribution in [0, 0.1) is 12.8 Å². The summed E-state index contributed by atoms with van der Waals surface area (Å²) in [6.07, 6.45) is 8.36. The Labute approximate surface area is 159 Å². The van der Waals surface area contributed by atoms with Gasteiger partial charge in [0.15, 0.2) is 0 Å². The Balaban J connectivity index is 1.78. The highest BCUT2D eigenvalue weighted by Crippen LogP contribution is 2.55. The summed E-state index contributed by atoms with van der Waals surface area (Å²) >= 11 is 0. The molecule has 0 N–H and O–H groups in total. The lowest BCUT2D eigenvalue weighted by atomic mass is 9.87. The minimum atomic E-state index is -3.83. The van der Waals surface area contributed by atoms with Crippen molar-refractivity contribution in [2.45, 2.75) is 63.2 Å². The van der Waals surface area contributed by atoms with Crippen LogP contribution in [0.3, 0.4) is 0 Å². The van der Waals surface area contributed by atoms with Crippen LogP contribution in [0.2, 0.25) is 0 Å². The maximum atomic E-state index is 12.9. The molecule has 0 aromatic heterocycles. The molecule has 1 aromatic rings. The summed E-state index contributed by atoms with van der Waals surface area (Å²) < 4.78 is 31.6. The van der Waals surface area contributed by atoms with Crippen molar-refractivity contribution < 1.29 is 16.8 Å². The van der Waals surface area contributed by atoms with Crippen LogP contribution in [0.1, 0.15) is 56.9 Å². The van der Waals surface area contributed by atoms with Crippen LogP contribution in [0.15, 0.2) is 29.2 Å². The summed E-state index contributed by atoms with van der Waals surface area (Å²) in [5.74, 6) is 2.14. The fourth-order valence-corrected chi connectivity index (χ4v) is 9.73. The molecule has 0 atom stereocenters. The minimum Gasteiger partial charge on any atom is -0.298 e. The second-order valence-electron chi connectivity index (χ2n) is 7.72. The molecule has 0 unspecified atom stereocenters. The van der Waals surface area contributed by atoms with Crippen molar-refractivity contribution in [2.75, 3.05) is 17.3 Å². The van der Waals surface area contributed by atoms with E-state index in [0.717, 1.165) is 62.0 Å². The number of carbonyl (C=O) groups excluding carboxylic acids is 1. The van der Waals surface area contributed by atoms with E-state index in [1.54, 1.807) is 24.3 Å². The number of rotatable bonds is 6. The third-order valence-electron chi connectivity index (χ3n) is 5.54. The first-order valence-corrected chi connectivity index (χ1v) is 13.2. The first kappa shape index (κ1) is 19.9. The van der Waals surface area contributed by atoms with Gasteiger partial charge in [-0.25, -0.2) is 3.63 Å². The van der Waals surface area contributed by atoms with E-state index < -0.39 is 20.4 Å². The molecule has 1 aliphatic heterocycles. The standard InChI is InChI=1S/C20H30O4S2/c1-17-10-12-19(13-11-17)26(22,23)24-25(14-6-3-7-15-25)16-20(21)18-8-4-2-5-9-18/h10-13,18H,2-9,14-16H2,1H3. The van der Waals surface area contributed by atoms with E-state index in [1.165, 1.54) is 6.42 Å². The molecule has 2 fully saturated rings. The molecule has 1 heterocycles. The fourth-order valence-electron chi connectivity index (χ4n) is 3.98. The topological polar surface area (TPSA) is 60.4 Å². The predicted octanol–water partition coefficient (Wildman–Crippen LogP) is 4.75. The number of aryl methyl sites for hydroxylation is 1. The molecule has 0 amide bonds. The largest absolute Gasteiger partial charge is 0.306 e. The van der Waals surface area contributed by atoms with E-state index in [2.05, 4.69) is 0 Å². The van der Waals surface area contributed by atoms with Crippen molar-refractivity contribution in [1.82, 2.24) is 0 Å². The molecule has 26 heavy (non-hydrogen) atoms. The van der Waals surface area contributed by atoms with Gasteiger partial charge in [-0.15, -0.1) is 10.3 Å². The van der Waals surface area contributed by atoms with Gasteiger partial charge in [-0.05, 0) is 44.7 Å². The van der Waals surface area contributed by atoms with Gasteiger partial charge < -0.3 is 0 Å². The molecule has 0 radical (unpaired) electrons. The Kier molecular flexibility index (Phi) is 6.46. The number of Topliss-reactive ketones (excluding diaryl/α,β-unsaturated/α-hetero) is 1. The van der Waals surface area contributed by atoms with Crippen LogP contribution in [0.4, 0.5) is 0 Å². The molecular weight excluding hydrogens is 368 g/mol. The molecule has 0 bridgehead atoms. The SMILES string of the molecule is Cc1ccc(S(=O)(=O)OS2(CC(=O)C3CCCCC3)CCCCC2)cc1. The highest BCUT2D eigenvalue weighted by molar-refractivity contribution is 8.33. The number of ketones is 1. The van der Waals surface area contributed by atoms with Crippen LogP contribution in [0.25, 0.3) is 0 Å². The van der Waals surface area contributed by atoms with E-state index in [1.807, 2.05) is 6.92 Å². The zero-order valence-corrected chi connectivity index (χ0v) is 17.2. The van der Waals surface area contributed by atoms with E-state index in [9.17, 15) is 13.2 Å². The van der Waals surface area contributed by atoms with E-state index in [-0.39, 0.29) is 16.6 Å². The van der Waals surface area contributed by atoms with Crippen molar-refractivity contribution in [3.8, 4) is 0 Å². The third kappa shape index (κ3) is 4.90. The monoisotopic (exact) mass is 398 g/mol. The lowest BCUT2D eigenvalue weighted by Crippen LogP contribution is -2.31. The highest BCUT2D eigenvalue weighted by Gasteiger charge is 2.37. The normalized spacial score (nSPS) is 22.7. The van der Waals surface area contributed by atoms with E-state index >= 15 is 0 Å². The number of benzene rings is 1. The second-order valence-corrected chi connectivity index (χ2v) is 12.7. The summed E-state index contributed by atoms with van der Waals surface area (Å²) in [6, 6.07) is 6.77. The highest BCUT2D eigenvalue weighted by atomic mass is 32.3. The van der Waals surface area contributed by atoms with Gasteiger partial charge in [0.2, 0.25) is 0 Å². The molecule has 1 saturated heterocycles. The number of hydrogen-bond donors (Lipinski definition) is 0. The van der Waals surface area contributed by atoms with Gasteiger partial charge in [0.05, 0.1) is 10.6 Å². The molecule has 2 aliphatic rings. The van der Waals surface area contributed by atoms with Crippen molar-refractivity contribution in [3.05, 3.63) is 29.8 Å². The summed E-state index contributed by atoms with van der Waals surface area (Å²) in [5, 5.41) is 0. The van der Waals surface area contributed by atoms with Crippen molar-refractivity contribution in [2.24, 2.45) is 5.92 Å². The molecule has 146 valence electrons. The Morgan fingerprint density at radius 2 is 1.58 bits per heavy atom. The van der Waals surface area contributed by atoms with Gasteiger partial charge in [0.25, 0.3) is 0 Å². The maximum absolute atomic E-state index is 12.9. The van der Waals surface area contributed by atoms with Crippen LogP contribution >= 0.6 is 10.3 Å². The van der Waals surface area contributed by atoms with Crippen LogP contribution in [-0.2, 0) is 18.5 Å². The molecular formula is C20H30O4S2. The molecule has 1 saturated carbocycles. The maximum Gasteiger partial charge on any atom is 0.306 e. The van der Waals surface area contributed by atoms with Gasteiger partial charge in [-0.1, -0.05) is 43.4 Å². The van der Waals surface area contributed by atoms with Gasteiger partial charge in [-0.2, -0.15) is 8.42 Å². The zero-order valence-electron chi connectivity index (χ0n) is 15.6. The van der Waals surface area contributed by atoms with Crippen LogP contribution in [0.5, 0.6) is 0 Å². The minimum absolute atomic E-state index is 0.112. The summed E-state index contributed by atoms with van der Waals surface area (Å²) in [6.45, 7) is 1.92. The second kappa shape index (κ2) is 8.44. The van der Waals surface area contributed by atoms with Gasteiger partial charge in [0.1, 0.15) is 5.78 Å². The Hall–Kier alpha value is -0.850. The first-order valence-electron chi connectivity index (χ1n) is 9.72. The van der Waals surface area contributed by atoms with Gasteiger partial charge >= 0.3 is 10.1 Å². The third-order valence-corrected chi connectivity index (χ3v) is 11.1. The average molecular weight is 399 g/mol. The van der Waals surface area contributed by atoms with Crippen LogP contribution < -0.4 is 0 Å². The van der Waals surface area contributed by atoms with Crippen LogP contribution in [-0.4, -0.2) is 31.5 Å². The molecule has 1 aliphatic carbocycles. The Bertz CT molecular complexity index is 713. The van der Waals surface area contributed by atoms with Crippen molar-refractivity contribution in [3.63, 3.8) is 0 Å². The van der Waals surface area contributed by atoms with Crippen molar-refractivity contribution in [1.29, 1.82) is 0 Å². The molecule has 4 nitrogen and oxygen atoms in total. The molecule has 0 spiro atoms. The summed E-state index contributed by atoms with van der Waals surface area (Å²) in [4.78, 5) is 13.1. The first-order chi connectivity index (χ1) is 12.4. The summed E-state index contributed by atoms with van der Waals surface area (Å²) in [7, 11) is -5.73. The van der Waals surface area contributed by atoms with Crippen molar-refractivity contribution >= 4 is 26.2 Å². The van der Waals surface area contributed by atoms with Gasteiger partial charge in [-0.3, -0.25) is 4.79 Å². The lowest BCUT2D eigenvalue weighted by Gasteiger charge is -2.41. The van der Waals surface area contributed by atoms with E-state index in [4.69, 9.17) is 3.63 Å². The van der Waals surface area contributed by atoms with Gasteiger partial charge in [0, 0.05) is 17.4 Å². The number of hydrogen-bond acceptors (Lipinski definition) is 4. The Morgan fingerprint density at radius 3 is 2.19 bits per heavy atom. The fraction of sp³-hybridized carbons (Fsp3) is 0.650. The van der Waals surface area contributed by atoms with E-state index in [0.29, 0.717) is 5.75 Å². The number of carbonyl (C=O) groups is 1. The molecule has 6 heteroatoms. The summed E-state index contributed by atoms with van der Waals surface area (Å²) in [5.41, 5.74) is 1.01. The smallest absolute Gasteiger partial charge is 0.298 e. The lowest BCUT2D eigenvalue weighted by molar-refractivity contribution is -0.121.